The molecule has 3 aromatic rings. The van der Waals surface area contributed by atoms with E-state index in [1.165, 1.54) is 0 Å². The summed E-state index contributed by atoms with van der Waals surface area (Å²) >= 11 is 0. The Morgan fingerprint density at radius 2 is 1.85 bits per heavy atom. The minimum atomic E-state index is -0.234. The molecule has 5 nitrogen and oxygen atoms in total. The standard InChI is InChI=1S/C21H21N3O2/c25-20(22-15-7-6-10-16-8-2-1-3-9-16)14-13-19-21(26)24-18-12-5-4-11-17(18)23-19/h1-6,8-12H,7,13-15H2,(H,22,25)(H,24,26)/b10-6+. The molecule has 0 atom stereocenters. The van der Waals surface area contributed by atoms with Crippen molar-refractivity contribution in [3.8, 4) is 0 Å². The van der Waals surface area contributed by atoms with Gasteiger partial charge in [0.2, 0.25) is 5.91 Å². The number of hydrogen-bond acceptors (Lipinski definition) is 3. The van der Waals surface area contributed by atoms with Crippen LogP contribution in [0.5, 0.6) is 0 Å². The van der Waals surface area contributed by atoms with Gasteiger partial charge in [-0.2, -0.15) is 0 Å². The van der Waals surface area contributed by atoms with Crippen LogP contribution in [-0.2, 0) is 11.2 Å². The largest absolute Gasteiger partial charge is 0.356 e. The van der Waals surface area contributed by atoms with Crippen molar-refractivity contribution in [2.45, 2.75) is 19.3 Å². The number of aromatic nitrogens is 2. The van der Waals surface area contributed by atoms with Crippen molar-refractivity contribution in [3.05, 3.63) is 82.3 Å². The number of H-pyrrole nitrogens is 1. The molecule has 0 unspecified atom stereocenters. The normalized spacial score (nSPS) is 11.1. The molecule has 0 spiro atoms. The lowest BCUT2D eigenvalue weighted by atomic mass is 10.2. The molecule has 0 aliphatic heterocycles. The number of aromatic amines is 1. The van der Waals surface area contributed by atoms with E-state index in [0.29, 0.717) is 24.2 Å². The van der Waals surface area contributed by atoms with Gasteiger partial charge in [0.1, 0.15) is 5.69 Å². The van der Waals surface area contributed by atoms with Crippen LogP contribution in [0.3, 0.4) is 0 Å². The Balaban J connectivity index is 1.45. The van der Waals surface area contributed by atoms with Crippen LogP contribution in [0.2, 0.25) is 0 Å². The summed E-state index contributed by atoms with van der Waals surface area (Å²) in [7, 11) is 0. The fourth-order valence-corrected chi connectivity index (χ4v) is 2.64. The summed E-state index contributed by atoms with van der Waals surface area (Å²) < 4.78 is 0. The highest BCUT2D eigenvalue weighted by atomic mass is 16.1. The average Bonchev–Trinajstić information content (AvgIpc) is 2.67. The van der Waals surface area contributed by atoms with E-state index in [2.05, 4.69) is 15.3 Å². The lowest BCUT2D eigenvalue weighted by Gasteiger charge is -2.04. The van der Waals surface area contributed by atoms with Crippen LogP contribution in [0.25, 0.3) is 17.1 Å². The fourth-order valence-electron chi connectivity index (χ4n) is 2.64. The van der Waals surface area contributed by atoms with E-state index < -0.39 is 0 Å². The zero-order valence-electron chi connectivity index (χ0n) is 14.4. The van der Waals surface area contributed by atoms with Gasteiger partial charge in [-0.15, -0.1) is 0 Å². The third-order valence-electron chi connectivity index (χ3n) is 4.00. The first-order valence-corrected chi connectivity index (χ1v) is 8.68. The Morgan fingerprint density at radius 1 is 1.08 bits per heavy atom. The molecule has 2 aromatic carbocycles. The maximum atomic E-state index is 12.0. The van der Waals surface area contributed by atoms with Crippen molar-refractivity contribution < 1.29 is 4.79 Å². The number of benzene rings is 2. The minimum absolute atomic E-state index is 0.0764. The van der Waals surface area contributed by atoms with Gasteiger partial charge in [-0.05, 0) is 24.1 Å². The van der Waals surface area contributed by atoms with E-state index in [9.17, 15) is 9.59 Å². The highest BCUT2D eigenvalue weighted by Gasteiger charge is 2.07. The van der Waals surface area contributed by atoms with Crippen molar-refractivity contribution in [2.75, 3.05) is 6.54 Å². The minimum Gasteiger partial charge on any atom is -0.356 e. The summed E-state index contributed by atoms with van der Waals surface area (Å²) in [6.45, 7) is 0.573. The Labute approximate surface area is 151 Å². The monoisotopic (exact) mass is 347 g/mol. The molecule has 1 aromatic heterocycles. The average molecular weight is 347 g/mol. The van der Waals surface area contributed by atoms with Gasteiger partial charge in [0.05, 0.1) is 11.0 Å². The van der Waals surface area contributed by atoms with Gasteiger partial charge in [-0.25, -0.2) is 4.98 Å². The lowest BCUT2D eigenvalue weighted by Crippen LogP contribution is -2.25. The number of rotatable bonds is 7. The van der Waals surface area contributed by atoms with Gasteiger partial charge < -0.3 is 10.3 Å². The molecule has 1 heterocycles. The van der Waals surface area contributed by atoms with Crippen molar-refractivity contribution in [3.63, 3.8) is 0 Å². The number of fused-ring (bicyclic) bond motifs is 1. The molecule has 0 saturated heterocycles. The quantitative estimate of drug-likeness (QED) is 0.645. The van der Waals surface area contributed by atoms with Crippen LogP contribution < -0.4 is 10.9 Å². The molecule has 0 bridgehead atoms. The second-order valence-corrected chi connectivity index (χ2v) is 5.98. The second kappa shape index (κ2) is 8.76. The van der Waals surface area contributed by atoms with Gasteiger partial charge in [0.15, 0.2) is 0 Å². The number of nitrogens with one attached hydrogen (secondary N) is 2. The van der Waals surface area contributed by atoms with Gasteiger partial charge in [-0.1, -0.05) is 54.6 Å². The number of hydrogen-bond donors (Lipinski definition) is 2. The molecule has 1 amide bonds. The van der Waals surface area contributed by atoms with E-state index in [1.807, 2.05) is 66.7 Å². The molecule has 132 valence electrons. The highest BCUT2D eigenvalue weighted by molar-refractivity contribution is 5.76. The van der Waals surface area contributed by atoms with Crippen LogP contribution >= 0.6 is 0 Å². The third kappa shape index (κ3) is 4.89. The van der Waals surface area contributed by atoms with Gasteiger partial charge in [0, 0.05) is 19.4 Å². The molecular weight excluding hydrogens is 326 g/mol. The molecule has 5 heteroatoms. The topological polar surface area (TPSA) is 74.8 Å². The summed E-state index contributed by atoms with van der Waals surface area (Å²) in [4.78, 5) is 31.1. The molecule has 2 N–H and O–H groups in total. The highest BCUT2D eigenvalue weighted by Crippen LogP contribution is 2.07. The first-order valence-electron chi connectivity index (χ1n) is 8.68. The lowest BCUT2D eigenvalue weighted by molar-refractivity contribution is -0.121. The van der Waals surface area contributed by atoms with Crippen molar-refractivity contribution in [1.29, 1.82) is 0 Å². The van der Waals surface area contributed by atoms with Gasteiger partial charge in [0.25, 0.3) is 5.56 Å². The molecule has 0 fully saturated rings. The van der Waals surface area contributed by atoms with E-state index >= 15 is 0 Å². The SMILES string of the molecule is O=C(CCc1nc2ccccc2[nH]c1=O)NCC/C=C/c1ccccc1. The van der Waals surface area contributed by atoms with E-state index in [0.717, 1.165) is 17.5 Å². The smallest absolute Gasteiger partial charge is 0.270 e. The first kappa shape index (κ1) is 17.6. The number of amides is 1. The zero-order valence-corrected chi connectivity index (χ0v) is 14.4. The maximum Gasteiger partial charge on any atom is 0.270 e. The van der Waals surface area contributed by atoms with Gasteiger partial charge >= 0.3 is 0 Å². The molecule has 26 heavy (non-hydrogen) atoms. The zero-order chi connectivity index (χ0) is 18.2. The van der Waals surface area contributed by atoms with E-state index in [4.69, 9.17) is 0 Å². The fraction of sp³-hybridized carbons (Fsp3) is 0.190. The number of para-hydroxylation sites is 2. The Kier molecular flexibility index (Phi) is 5.93. The molecular formula is C21H21N3O2. The summed E-state index contributed by atoms with van der Waals surface area (Å²) in [5, 5.41) is 2.87. The Morgan fingerprint density at radius 3 is 2.69 bits per heavy atom. The third-order valence-corrected chi connectivity index (χ3v) is 4.00. The predicted molar refractivity (Wildman–Crippen MR) is 104 cm³/mol. The van der Waals surface area contributed by atoms with Crippen LogP contribution in [0, 0.1) is 0 Å². The van der Waals surface area contributed by atoms with Crippen LogP contribution in [0.1, 0.15) is 24.1 Å². The van der Waals surface area contributed by atoms with Crippen molar-refractivity contribution in [2.24, 2.45) is 0 Å². The molecule has 0 saturated carbocycles. The summed E-state index contributed by atoms with van der Waals surface area (Å²) in [6.07, 6.45) is 5.40. The van der Waals surface area contributed by atoms with Crippen molar-refractivity contribution in [1.82, 2.24) is 15.3 Å². The summed E-state index contributed by atoms with van der Waals surface area (Å²) in [5.41, 5.74) is 2.73. The molecule has 0 aliphatic rings. The summed E-state index contributed by atoms with van der Waals surface area (Å²) in [5.74, 6) is -0.0764. The Bertz CT molecular complexity index is 962. The first-order chi connectivity index (χ1) is 12.7. The second-order valence-electron chi connectivity index (χ2n) is 5.98. The summed E-state index contributed by atoms with van der Waals surface area (Å²) in [6, 6.07) is 17.4. The number of nitrogens with zero attached hydrogens (tertiary/aromatic N) is 1. The van der Waals surface area contributed by atoms with Crippen LogP contribution in [0.4, 0.5) is 0 Å². The van der Waals surface area contributed by atoms with Gasteiger partial charge in [-0.3, -0.25) is 9.59 Å². The number of carbonyl (C=O) groups excluding carboxylic acids is 1. The van der Waals surface area contributed by atoms with Crippen molar-refractivity contribution >= 4 is 23.0 Å². The van der Waals surface area contributed by atoms with Crippen LogP contribution in [0.15, 0.2) is 65.5 Å². The van der Waals surface area contributed by atoms with Crippen LogP contribution in [-0.4, -0.2) is 22.4 Å². The molecule has 3 rings (SSSR count). The predicted octanol–water partition coefficient (Wildman–Crippen LogP) is 3.08. The maximum absolute atomic E-state index is 12.0. The number of aryl methyl sites for hydroxylation is 1. The Hall–Kier alpha value is -3.21. The molecule has 0 radical (unpaired) electrons. The van der Waals surface area contributed by atoms with E-state index in [-0.39, 0.29) is 17.9 Å². The van der Waals surface area contributed by atoms with E-state index in [1.54, 1.807) is 0 Å². The molecule has 0 aliphatic carbocycles. The number of carbonyl (C=O) groups is 1.